The molecule has 1 N–H and O–H groups in total. The fourth-order valence-corrected chi connectivity index (χ4v) is 4.36. The maximum absolute atomic E-state index is 14.2. The number of nitrogens with one attached hydrogen (secondary N) is 1. The molecular formula is C18H27FN2O5S. The van der Waals surface area contributed by atoms with Crippen molar-refractivity contribution in [2.75, 3.05) is 20.2 Å². The van der Waals surface area contributed by atoms with Crippen molar-refractivity contribution >= 4 is 21.9 Å². The zero-order chi connectivity index (χ0) is 20.8. The van der Waals surface area contributed by atoms with Gasteiger partial charge in [0.2, 0.25) is 10.0 Å². The first-order valence-electron chi connectivity index (χ1n) is 8.77. The van der Waals surface area contributed by atoms with Gasteiger partial charge in [0.05, 0.1) is 7.11 Å². The molecule has 1 unspecified atom stereocenters. The Morgan fingerprint density at radius 1 is 1.22 bits per heavy atom. The number of hydrogen-bond donors (Lipinski definition) is 1. The number of ether oxygens (including phenoxy) is 1. The first kappa shape index (κ1) is 23.0. The van der Waals surface area contributed by atoms with Crippen LogP contribution in [0.3, 0.4) is 0 Å². The predicted octanol–water partition coefficient (Wildman–Crippen LogP) is 2.32. The highest BCUT2D eigenvalue weighted by Gasteiger charge is 2.36. The first-order valence-corrected chi connectivity index (χ1v) is 10.2. The third-order valence-corrected chi connectivity index (χ3v) is 6.36. The summed E-state index contributed by atoms with van der Waals surface area (Å²) in [5, 5.41) is 2.57. The van der Waals surface area contributed by atoms with E-state index in [1.807, 2.05) is 6.92 Å². The Hall–Kier alpha value is -2.00. The largest absolute Gasteiger partial charge is 0.467 e. The third kappa shape index (κ3) is 5.04. The SMILES string of the molecule is CCCC(C)(NC(=O)c1ccc(F)c(S(=O)(=O)N(CC)CC)c1)C(=O)OC. The fraction of sp³-hybridized carbons (Fsp3) is 0.556. The highest BCUT2D eigenvalue weighted by Crippen LogP contribution is 2.22. The molecule has 152 valence electrons. The number of carbonyl (C=O) groups excluding carboxylic acids is 2. The van der Waals surface area contributed by atoms with Gasteiger partial charge in [-0.15, -0.1) is 0 Å². The highest BCUT2D eigenvalue weighted by atomic mass is 32.2. The quantitative estimate of drug-likeness (QED) is 0.640. The third-order valence-electron chi connectivity index (χ3n) is 4.29. The van der Waals surface area contributed by atoms with Crippen LogP contribution in [0.5, 0.6) is 0 Å². The molecule has 1 amide bonds. The van der Waals surface area contributed by atoms with Gasteiger partial charge in [-0.3, -0.25) is 4.79 Å². The number of carbonyl (C=O) groups is 2. The van der Waals surface area contributed by atoms with Gasteiger partial charge in [0, 0.05) is 18.7 Å². The van der Waals surface area contributed by atoms with E-state index in [0.717, 1.165) is 16.4 Å². The molecule has 0 radical (unpaired) electrons. The Morgan fingerprint density at radius 3 is 2.30 bits per heavy atom. The van der Waals surface area contributed by atoms with E-state index < -0.39 is 38.2 Å². The molecule has 0 saturated heterocycles. The zero-order valence-electron chi connectivity index (χ0n) is 16.3. The van der Waals surface area contributed by atoms with Crippen molar-refractivity contribution in [3.63, 3.8) is 0 Å². The van der Waals surface area contributed by atoms with Gasteiger partial charge in [-0.1, -0.05) is 27.2 Å². The second-order valence-corrected chi connectivity index (χ2v) is 8.17. The number of esters is 1. The molecule has 0 aromatic heterocycles. The Kier molecular flexibility index (Phi) is 7.91. The van der Waals surface area contributed by atoms with E-state index in [9.17, 15) is 22.4 Å². The van der Waals surface area contributed by atoms with E-state index in [1.165, 1.54) is 20.1 Å². The molecule has 1 aromatic carbocycles. The molecule has 0 aliphatic carbocycles. The van der Waals surface area contributed by atoms with Crippen molar-refractivity contribution in [3.05, 3.63) is 29.6 Å². The molecule has 0 heterocycles. The number of rotatable bonds is 9. The average Bonchev–Trinajstić information content (AvgIpc) is 2.61. The highest BCUT2D eigenvalue weighted by molar-refractivity contribution is 7.89. The maximum atomic E-state index is 14.2. The van der Waals surface area contributed by atoms with Crippen molar-refractivity contribution in [2.45, 2.75) is 51.0 Å². The van der Waals surface area contributed by atoms with Crippen LogP contribution >= 0.6 is 0 Å². The molecule has 9 heteroatoms. The van der Waals surface area contributed by atoms with E-state index in [0.29, 0.717) is 12.8 Å². The Bertz CT molecular complexity index is 793. The molecule has 1 atom stereocenters. The van der Waals surface area contributed by atoms with Crippen LogP contribution in [0.1, 0.15) is 50.9 Å². The fourth-order valence-electron chi connectivity index (χ4n) is 2.81. The Balaban J connectivity index is 3.29. The minimum absolute atomic E-state index is 0.0617. The first-order chi connectivity index (χ1) is 12.6. The van der Waals surface area contributed by atoms with Crippen LogP contribution in [0.15, 0.2) is 23.1 Å². The molecule has 1 rings (SSSR count). The lowest BCUT2D eigenvalue weighted by Gasteiger charge is -2.27. The van der Waals surface area contributed by atoms with Crippen LogP contribution in [0.25, 0.3) is 0 Å². The van der Waals surface area contributed by atoms with Gasteiger partial charge in [0.15, 0.2) is 0 Å². The summed E-state index contributed by atoms with van der Waals surface area (Å²) in [5.74, 6) is -2.24. The average molecular weight is 402 g/mol. The van der Waals surface area contributed by atoms with Crippen molar-refractivity contribution in [3.8, 4) is 0 Å². The van der Waals surface area contributed by atoms with Crippen molar-refractivity contribution in [1.82, 2.24) is 9.62 Å². The van der Waals surface area contributed by atoms with E-state index in [4.69, 9.17) is 4.74 Å². The lowest BCUT2D eigenvalue weighted by atomic mass is 9.95. The summed E-state index contributed by atoms with van der Waals surface area (Å²) in [7, 11) is -2.86. The van der Waals surface area contributed by atoms with Gasteiger partial charge >= 0.3 is 5.97 Å². The topological polar surface area (TPSA) is 92.8 Å². The van der Waals surface area contributed by atoms with E-state index in [2.05, 4.69) is 5.32 Å². The molecule has 27 heavy (non-hydrogen) atoms. The van der Waals surface area contributed by atoms with E-state index in [1.54, 1.807) is 13.8 Å². The number of sulfonamides is 1. The standard InChI is InChI=1S/C18H27FN2O5S/c1-6-11-18(4,17(23)26-5)20-16(22)13-9-10-14(19)15(12-13)27(24,25)21(7-2)8-3/h9-10,12H,6-8,11H2,1-5H3,(H,20,22). The monoisotopic (exact) mass is 402 g/mol. The summed E-state index contributed by atoms with van der Waals surface area (Å²) >= 11 is 0. The van der Waals surface area contributed by atoms with Crippen LogP contribution in [-0.2, 0) is 19.6 Å². The number of benzene rings is 1. The maximum Gasteiger partial charge on any atom is 0.331 e. The van der Waals surface area contributed by atoms with Gasteiger partial charge in [-0.05, 0) is 31.5 Å². The second-order valence-electron chi connectivity index (χ2n) is 6.26. The molecule has 0 fully saturated rings. The molecular weight excluding hydrogens is 375 g/mol. The summed E-state index contributed by atoms with van der Waals surface area (Å²) in [6, 6.07) is 3.10. The lowest BCUT2D eigenvalue weighted by molar-refractivity contribution is -0.147. The van der Waals surface area contributed by atoms with Gasteiger partial charge in [-0.2, -0.15) is 4.31 Å². The molecule has 7 nitrogen and oxygen atoms in total. The van der Waals surface area contributed by atoms with Gasteiger partial charge in [-0.25, -0.2) is 17.6 Å². The summed E-state index contributed by atoms with van der Waals surface area (Å²) in [4.78, 5) is 24.1. The number of hydrogen-bond acceptors (Lipinski definition) is 5. The van der Waals surface area contributed by atoms with Crippen molar-refractivity contribution in [2.24, 2.45) is 0 Å². The summed E-state index contributed by atoms with van der Waals surface area (Å²) in [6.07, 6.45) is 0.939. The molecule has 0 aliphatic heterocycles. The molecule has 0 spiro atoms. The second kappa shape index (κ2) is 9.27. The number of methoxy groups -OCH3 is 1. The van der Waals surface area contributed by atoms with Crippen LogP contribution in [0.4, 0.5) is 4.39 Å². The van der Waals surface area contributed by atoms with Gasteiger partial charge in [0.1, 0.15) is 16.3 Å². The molecule has 1 aromatic rings. The molecule has 0 saturated carbocycles. The van der Waals surface area contributed by atoms with E-state index in [-0.39, 0.29) is 18.7 Å². The van der Waals surface area contributed by atoms with E-state index >= 15 is 0 Å². The predicted molar refractivity (Wildman–Crippen MR) is 99.3 cm³/mol. The normalized spacial score (nSPS) is 13.9. The van der Waals surface area contributed by atoms with Crippen molar-refractivity contribution < 1.29 is 27.1 Å². The van der Waals surface area contributed by atoms with Gasteiger partial charge in [0.25, 0.3) is 5.91 Å². The Morgan fingerprint density at radius 2 is 1.81 bits per heavy atom. The van der Waals surface area contributed by atoms with Crippen LogP contribution in [0.2, 0.25) is 0 Å². The minimum atomic E-state index is -4.08. The lowest BCUT2D eigenvalue weighted by Crippen LogP contribution is -2.52. The summed E-state index contributed by atoms with van der Waals surface area (Å²) in [5.41, 5.74) is -1.33. The summed E-state index contributed by atoms with van der Waals surface area (Å²) in [6.45, 7) is 7.00. The number of nitrogens with zero attached hydrogens (tertiary/aromatic N) is 1. The number of halogens is 1. The van der Waals surface area contributed by atoms with Crippen LogP contribution < -0.4 is 5.32 Å². The summed E-state index contributed by atoms with van der Waals surface area (Å²) < 4.78 is 45.3. The molecule has 0 bridgehead atoms. The minimum Gasteiger partial charge on any atom is -0.467 e. The van der Waals surface area contributed by atoms with Crippen molar-refractivity contribution in [1.29, 1.82) is 0 Å². The molecule has 0 aliphatic rings. The smallest absolute Gasteiger partial charge is 0.331 e. The number of amides is 1. The van der Waals surface area contributed by atoms with Gasteiger partial charge < -0.3 is 10.1 Å². The zero-order valence-corrected chi connectivity index (χ0v) is 17.2. The Labute approximate surface area is 159 Å². The van der Waals surface area contributed by atoms with Crippen LogP contribution in [0, 0.1) is 5.82 Å². The van der Waals surface area contributed by atoms with Crippen LogP contribution in [-0.4, -0.2) is 50.3 Å².